The van der Waals surface area contributed by atoms with Gasteiger partial charge in [0.25, 0.3) is 0 Å². The largest absolute Gasteiger partial charge is 0.320 e. The lowest BCUT2D eigenvalue weighted by Crippen LogP contribution is -2.09. The average Bonchev–Trinajstić information content (AvgIpc) is 2.43. The summed E-state index contributed by atoms with van der Waals surface area (Å²) in [6, 6.07) is 8.67. The molecule has 108 valence electrons. The number of rotatable bonds is 3. The van der Waals surface area contributed by atoms with Gasteiger partial charge in [-0.25, -0.2) is 8.78 Å². The number of anilines is 1. The third-order valence-corrected chi connectivity index (χ3v) is 3.55. The first-order valence-electron chi connectivity index (χ1n) is 5.85. The van der Waals surface area contributed by atoms with Gasteiger partial charge < -0.3 is 5.32 Å². The summed E-state index contributed by atoms with van der Waals surface area (Å²) in [5.41, 5.74) is 0.318. The van der Waals surface area contributed by atoms with Crippen molar-refractivity contribution in [1.29, 1.82) is 0 Å². The summed E-state index contributed by atoms with van der Waals surface area (Å²) in [4.78, 5) is 11.7. The molecule has 0 saturated heterocycles. The van der Waals surface area contributed by atoms with Crippen molar-refractivity contribution < 1.29 is 13.6 Å². The van der Waals surface area contributed by atoms with Gasteiger partial charge in [-0.05, 0) is 42.5 Å². The topological polar surface area (TPSA) is 29.1 Å². The number of hydrogen-bond donors (Lipinski definition) is 1. The minimum atomic E-state index is -0.556. The van der Waals surface area contributed by atoms with E-state index in [1.165, 1.54) is 24.3 Å². The monoisotopic (exact) mass is 415 g/mol. The summed E-state index contributed by atoms with van der Waals surface area (Å²) < 4.78 is 28.3. The summed E-state index contributed by atoms with van der Waals surface area (Å²) >= 11 is 6.34. The molecule has 2 aromatic rings. The van der Waals surface area contributed by atoms with E-state index in [0.717, 1.165) is 6.08 Å². The average molecular weight is 417 g/mol. The molecule has 0 heterocycles. The molecule has 0 aromatic heterocycles. The maximum atomic E-state index is 13.6. The molecule has 2 aromatic carbocycles. The Bertz CT molecular complexity index is 717. The Morgan fingerprint density at radius 1 is 1.00 bits per heavy atom. The van der Waals surface area contributed by atoms with Crippen LogP contribution in [0.3, 0.4) is 0 Å². The van der Waals surface area contributed by atoms with Crippen LogP contribution >= 0.6 is 31.9 Å². The Morgan fingerprint density at radius 2 is 1.67 bits per heavy atom. The zero-order valence-corrected chi connectivity index (χ0v) is 13.7. The first-order valence-corrected chi connectivity index (χ1v) is 7.43. The van der Waals surface area contributed by atoms with Crippen molar-refractivity contribution in [3.8, 4) is 0 Å². The highest BCUT2D eigenvalue weighted by molar-refractivity contribution is 9.10. The molecule has 1 N–H and O–H groups in total. The van der Waals surface area contributed by atoms with Crippen molar-refractivity contribution in [2.24, 2.45) is 0 Å². The molecule has 0 fully saturated rings. The van der Waals surface area contributed by atoms with Crippen molar-refractivity contribution >= 4 is 49.5 Å². The smallest absolute Gasteiger partial charge is 0.248 e. The minimum absolute atomic E-state index is 0.0579. The molecule has 0 aliphatic heterocycles. The maximum absolute atomic E-state index is 13.6. The molecule has 0 saturated carbocycles. The first-order chi connectivity index (χ1) is 9.95. The molecule has 1 amide bonds. The van der Waals surface area contributed by atoms with Crippen LogP contribution in [-0.2, 0) is 4.79 Å². The van der Waals surface area contributed by atoms with E-state index in [1.54, 1.807) is 18.2 Å². The number of amides is 1. The Kier molecular flexibility index (Phi) is 5.25. The number of carbonyl (C=O) groups excluding carboxylic acids is 1. The fourth-order valence-corrected chi connectivity index (χ4v) is 2.28. The van der Waals surface area contributed by atoms with Gasteiger partial charge >= 0.3 is 0 Å². The second kappa shape index (κ2) is 6.95. The number of halogens is 4. The van der Waals surface area contributed by atoms with Gasteiger partial charge in [0, 0.05) is 20.6 Å². The van der Waals surface area contributed by atoms with Crippen molar-refractivity contribution in [1.82, 2.24) is 0 Å². The quantitative estimate of drug-likeness (QED) is 0.689. The van der Waals surface area contributed by atoms with Gasteiger partial charge in [-0.1, -0.05) is 31.9 Å². The van der Waals surface area contributed by atoms with E-state index >= 15 is 0 Å². The fraction of sp³-hybridized carbons (Fsp3) is 0. The van der Waals surface area contributed by atoms with Crippen LogP contribution in [-0.4, -0.2) is 5.91 Å². The van der Waals surface area contributed by atoms with Gasteiger partial charge in [-0.3, -0.25) is 4.79 Å². The van der Waals surface area contributed by atoms with E-state index in [4.69, 9.17) is 0 Å². The van der Waals surface area contributed by atoms with E-state index in [9.17, 15) is 13.6 Å². The van der Waals surface area contributed by atoms with E-state index < -0.39 is 17.5 Å². The summed E-state index contributed by atoms with van der Waals surface area (Å²) in [6.07, 6.45) is 2.47. The third-order valence-electron chi connectivity index (χ3n) is 2.56. The predicted molar refractivity (Wildman–Crippen MR) is 85.9 cm³/mol. The Balaban J connectivity index is 2.11. The molecule has 2 nitrogen and oxygen atoms in total. The summed E-state index contributed by atoms with van der Waals surface area (Å²) in [5, 5.41) is 2.39. The van der Waals surface area contributed by atoms with Gasteiger partial charge in [0.2, 0.25) is 5.91 Å². The number of nitrogens with one attached hydrogen (secondary N) is 1. The SMILES string of the molecule is O=C(/C=C/c1cc(Br)ccc1F)Nc1ccc(Br)cc1F. The lowest BCUT2D eigenvalue weighted by atomic mass is 10.2. The van der Waals surface area contributed by atoms with E-state index in [1.807, 2.05) is 0 Å². The van der Waals surface area contributed by atoms with E-state index in [2.05, 4.69) is 37.2 Å². The van der Waals surface area contributed by atoms with Crippen LogP contribution in [0.5, 0.6) is 0 Å². The van der Waals surface area contributed by atoms with Crippen LogP contribution in [0, 0.1) is 11.6 Å². The summed E-state index contributed by atoms with van der Waals surface area (Å²) in [6.45, 7) is 0. The molecule has 6 heteroatoms. The molecular formula is C15H9Br2F2NO. The molecule has 0 unspecified atom stereocenters. The third kappa shape index (κ3) is 4.47. The molecule has 0 atom stereocenters. The minimum Gasteiger partial charge on any atom is -0.320 e. The van der Waals surface area contributed by atoms with Crippen LogP contribution in [0.25, 0.3) is 6.08 Å². The highest BCUT2D eigenvalue weighted by Crippen LogP contribution is 2.20. The van der Waals surface area contributed by atoms with Crippen molar-refractivity contribution in [2.45, 2.75) is 0 Å². The molecule has 2 rings (SSSR count). The fourth-order valence-electron chi connectivity index (χ4n) is 1.57. The predicted octanol–water partition coefficient (Wildman–Crippen LogP) is 5.14. The second-order valence-corrected chi connectivity index (χ2v) is 5.94. The zero-order valence-electron chi connectivity index (χ0n) is 10.5. The molecule has 0 bridgehead atoms. The molecule has 0 aliphatic rings. The van der Waals surface area contributed by atoms with Crippen molar-refractivity contribution in [3.63, 3.8) is 0 Å². The number of hydrogen-bond acceptors (Lipinski definition) is 1. The van der Waals surface area contributed by atoms with Crippen LogP contribution in [0.4, 0.5) is 14.5 Å². The van der Waals surface area contributed by atoms with Crippen LogP contribution in [0.2, 0.25) is 0 Å². The second-order valence-electron chi connectivity index (χ2n) is 4.11. The summed E-state index contributed by atoms with van der Waals surface area (Å²) in [7, 11) is 0. The molecule has 0 radical (unpaired) electrons. The lowest BCUT2D eigenvalue weighted by molar-refractivity contribution is -0.111. The number of carbonyl (C=O) groups is 1. The van der Waals surface area contributed by atoms with Crippen LogP contribution in [0.1, 0.15) is 5.56 Å². The molecule has 21 heavy (non-hydrogen) atoms. The Morgan fingerprint density at radius 3 is 2.38 bits per heavy atom. The Labute approximate surface area is 137 Å². The highest BCUT2D eigenvalue weighted by Gasteiger charge is 2.05. The zero-order chi connectivity index (χ0) is 15.4. The van der Waals surface area contributed by atoms with Crippen LogP contribution in [0.15, 0.2) is 51.4 Å². The van der Waals surface area contributed by atoms with E-state index in [0.29, 0.717) is 8.95 Å². The number of benzene rings is 2. The van der Waals surface area contributed by atoms with Gasteiger partial charge in [0.15, 0.2) is 0 Å². The normalized spacial score (nSPS) is 10.9. The van der Waals surface area contributed by atoms with Gasteiger partial charge in [0.1, 0.15) is 11.6 Å². The van der Waals surface area contributed by atoms with E-state index in [-0.39, 0.29) is 11.3 Å². The Hall–Kier alpha value is -1.53. The van der Waals surface area contributed by atoms with Gasteiger partial charge in [-0.15, -0.1) is 0 Å². The molecular weight excluding hydrogens is 408 g/mol. The molecule has 0 spiro atoms. The van der Waals surface area contributed by atoms with Crippen molar-refractivity contribution in [2.75, 3.05) is 5.32 Å². The summed E-state index contributed by atoms with van der Waals surface area (Å²) in [5.74, 6) is -1.55. The van der Waals surface area contributed by atoms with Gasteiger partial charge in [0.05, 0.1) is 5.69 Å². The highest BCUT2D eigenvalue weighted by atomic mass is 79.9. The van der Waals surface area contributed by atoms with Crippen molar-refractivity contribution in [3.05, 3.63) is 68.6 Å². The maximum Gasteiger partial charge on any atom is 0.248 e. The van der Waals surface area contributed by atoms with Crippen LogP contribution < -0.4 is 5.32 Å². The standard InChI is InChI=1S/C15H9Br2F2NO/c16-10-2-4-12(18)9(7-10)1-6-15(21)20-14-5-3-11(17)8-13(14)19/h1-8H,(H,20,21)/b6-1+. The lowest BCUT2D eigenvalue weighted by Gasteiger charge is -2.04. The first kappa shape index (κ1) is 15.9. The molecule has 0 aliphatic carbocycles. The van der Waals surface area contributed by atoms with Gasteiger partial charge in [-0.2, -0.15) is 0 Å².